The van der Waals surface area contributed by atoms with E-state index < -0.39 is 5.69 Å². The number of phenols is 1. The van der Waals surface area contributed by atoms with Gasteiger partial charge in [0, 0.05) is 11.8 Å². The number of rotatable bonds is 3. The Labute approximate surface area is 119 Å². The van der Waals surface area contributed by atoms with Crippen molar-refractivity contribution in [3.8, 4) is 11.6 Å². The molecule has 6 nitrogen and oxygen atoms in total. The van der Waals surface area contributed by atoms with Crippen LogP contribution in [0.1, 0.15) is 11.1 Å². The highest BCUT2D eigenvalue weighted by Gasteiger charge is 2.06. The number of phenolic OH excluding ortho intramolecular Hbond substituents is 1. The Morgan fingerprint density at radius 3 is 2.95 bits per heavy atom. The molecule has 1 heterocycles. The van der Waals surface area contributed by atoms with E-state index in [0.717, 1.165) is 5.56 Å². The van der Waals surface area contributed by atoms with Crippen LogP contribution in [0.5, 0.6) is 11.6 Å². The molecule has 0 saturated heterocycles. The summed E-state index contributed by atoms with van der Waals surface area (Å²) < 4.78 is 4.99. The van der Waals surface area contributed by atoms with Gasteiger partial charge >= 0.3 is 5.69 Å². The van der Waals surface area contributed by atoms with Gasteiger partial charge in [-0.05, 0) is 24.6 Å². The number of nitrogens with zero attached hydrogens (tertiary/aromatic N) is 2. The summed E-state index contributed by atoms with van der Waals surface area (Å²) in [5.74, 6) is 0.136. The fourth-order valence-corrected chi connectivity index (χ4v) is 1.90. The average molecular weight is 294 g/mol. The van der Waals surface area contributed by atoms with Crippen molar-refractivity contribution in [2.24, 2.45) is 4.99 Å². The van der Waals surface area contributed by atoms with Crippen molar-refractivity contribution in [2.45, 2.75) is 6.92 Å². The molecule has 1 aromatic carbocycles. The second-order valence-corrected chi connectivity index (χ2v) is 4.46. The molecule has 0 spiro atoms. The Hall–Kier alpha value is -2.34. The van der Waals surface area contributed by atoms with Gasteiger partial charge in [-0.25, -0.2) is 9.79 Å². The third-order valence-electron chi connectivity index (χ3n) is 2.54. The molecule has 2 rings (SSSR count). The number of hydrogen-bond donors (Lipinski definition) is 2. The van der Waals surface area contributed by atoms with Crippen molar-refractivity contribution in [3.63, 3.8) is 0 Å². The van der Waals surface area contributed by atoms with E-state index in [1.807, 2.05) is 6.92 Å². The van der Waals surface area contributed by atoms with E-state index in [1.165, 1.54) is 19.5 Å². The first-order valence-corrected chi connectivity index (χ1v) is 6.05. The number of ether oxygens (including phenoxy) is 1. The maximum Gasteiger partial charge on any atom is 0.347 e. The van der Waals surface area contributed by atoms with E-state index in [2.05, 4.69) is 15.0 Å². The molecule has 7 heteroatoms. The number of aromatic hydroxyl groups is 1. The van der Waals surface area contributed by atoms with Gasteiger partial charge in [0.05, 0.1) is 18.3 Å². The number of aryl methyl sites for hydroxylation is 1. The number of nitrogens with one attached hydrogen (secondary N) is 1. The zero-order valence-electron chi connectivity index (χ0n) is 10.8. The molecule has 20 heavy (non-hydrogen) atoms. The lowest BCUT2D eigenvalue weighted by Gasteiger charge is -2.04. The van der Waals surface area contributed by atoms with Crippen molar-refractivity contribution in [1.29, 1.82) is 0 Å². The number of hydrogen-bond acceptors (Lipinski definition) is 5. The number of H-pyrrole nitrogens is 1. The maximum absolute atomic E-state index is 11.1. The molecule has 2 aromatic rings. The first-order valence-electron chi connectivity index (χ1n) is 5.67. The Morgan fingerprint density at radius 2 is 2.25 bits per heavy atom. The lowest BCUT2D eigenvalue weighted by molar-refractivity contribution is 0.397. The standard InChI is InChI=1S/C13H12ClN3O3/c1-7-3-8(11(18)9(14)4-7)5-15-10-6-16-13(19)17-12(10)20-2/h3-6,18H,1-2H3,(H,16,17,19). The van der Waals surface area contributed by atoms with E-state index in [-0.39, 0.29) is 16.7 Å². The summed E-state index contributed by atoms with van der Waals surface area (Å²) in [5.41, 5.74) is 1.16. The van der Waals surface area contributed by atoms with Crippen molar-refractivity contribution < 1.29 is 9.84 Å². The molecule has 0 aliphatic heterocycles. The Morgan fingerprint density at radius 1 is 1.50 bits per heavy atom. The van der Waals surface area contributed by atoms with Crippen LogP contribution in [0.4, 0.5) is 5.69 Å². The summed E-state index contributed by atoms with van der Waals surface area (Å²) in [5, 5.41) is 10.1. The van der Waals surface area contributed by atoms with E-state index in [1.54, 1.807) is 12.1 Å². The fourth-order valence-electron chi connectivity index (χ4n) is 1.62. The maximum atomic E-state index is 11.1. The Bertz CT molecular complexity index is 725. The Balaban J connectivity index is 2.42. The molecular formula is C13H12ClN3O3. The molecule has 0 saturated carbocycles. The lowest BCUT2D eigenvalue weighted by Crippen LogP contribution is -2.09. The van der Waals surface area contributed by atoms with Gasteiger partial charge in [-0.2, -0.15) is 4.98 Å². The van der Waals surface area contributed by atoms with Crippen LogP contribution in [-0.2, 0) is 0 Å². The largest absolute Gasteiger partial charge is 0.506 e. The van der Waals surface area contributed by atoms with Crippen LogP contribution >= 0.6 is 11.6 Å². The molecule has 0 fully saturated rings. The average Bonchev–Trinajstić information content (AvgIpc) is 2.42. The van der Waals surface area contributed by atoms with Gasteiger partial charge in [-0.1, -0.05) is 11.6 Å². The van der Waals surface area contributed by atoms with Crippen molar-refractivity contribution in [1.82, 2.24) is 9.97 Å². The van der Waals surface area contributed by atoms with Gasteiger partial charge in [0.1, 0.15) is 11.4 Å². The van der Waals surface area contributed by atoms with Gasteiger partial charge < -0.3 is 9.84 Å². The number of halogens is 1. The van der Waals surface area contributed by atoms with Crippen LogP contribution < -0.4 is 10.4 Å². The van der Waals surface area contributed by atoms with Crippen LogP contribution in [0.15, 0.2) is 28.1 Å². The molecule has 0 aliphatic rings. The fraction of sp³-hybridized carbons (Fsp3) is 0.154. The second-order valence-electron chi connectivity index (χ2n) is 4.05. The summed E-state index contributed by atoms with van der Waals surface area (Å²) in [6.07, 6.45) is 2.70. The summed E-state index contributed by atoms with van der Waals surface area (Å²) in [4.78, 5) is 21.2. The second kappa shape index (κ2) is 5.75. The quantitative estimate of drug-likeness (QED) is 0.849. The molecular weight excluding hydrogens is 282 g/mol. The number of aliphatic imine (C=N–C) groups is 1. The lowest BCUT2D eigenvalue weighted by atomic mass is 10.1. The van der Waals surface area contributed by atoms with E-state index in [0.29, 0.717) is 11.3 Å². The highest BCUT2D eigenvalue weighted by molar-refractivity contribution is 6.32. The molecule has 0 unspecified atom stereocenters. The van der Waals surface area contributed by atoms with Crippen molar-refractivity contribution in [3.05, 3.63) is 45.0 Å². The summed E-state index contributed by atoms with van der Waals surface area (Å²) in [7, 11) is 1.41. The third kappa shape index (κ3) is 2.97. The van der Waals surface area contributed by atoms with Gasteiger partial charge in [-0.15, -0.1) is 0 Å². The van der Waals surface area contributed by atoms with Gasteiger partial charge in [-0.3, -0.25) is 4.98 Å². The van der Waals surface area contributed by atoms with Crippen LogP contribution in [-0.4, -0.2) is 28.4 Å². The molecule has 0 atom stereocenters. The molecule has 0 bridgehead atoms. The minimum atomic E-state index is -0.526. The summed E-state index contributed by atoms with van der Waals surface area (Å²) in [6.45, 7) is 1.85. The summed E-state index contributed by atoms with van der Waals surface area (Å²) >= 11 is 5.88. The highest BCUT2D eigenvalue weighted by Crippen LogP contribution is 2.28. The monoisotopic (exact) mass is 293 g/mol. The van der Waals surface area contributed by atoms with Gasteiger partial charge in [0.25, 0.3) is 0 Å². The third-order valence-corrected chi connectivity index (χ3v) is 2.83. The zero-order valence-corrected chi connectivity index (χ0v) is 11.6. The van der Waals surface area contributed by atoms with Crippen LogP contribution in [0.2, 0.25) is 5.02 Å². The Kier molecular flexibility index (Phi) is 4.05. The van der Waals surface area contributed by atoms with Crippen molar-refractivity contribution >= 4 is 23.5 Å². The molecule has 0 radical (unpaired) electrons. The van der Waals surface area contributed by atoms with Gasteiger partial charge in [0.15, 0.2) is 0 Å². The van der Waals surface area contributed by atoms with E-state index >= 15 is 0 Å². The highest BCUT2D eigenvalue weighted by atomic mass is 35.5. The van der Waals surface area contributed by atoms with Crippen molar-refractivity contribution in [2.75, 3.05) is 7.11 Å². The molecule has 0 aliphatic carbocycles. The van der Waals surface area contributed by atoms with E-state index in [4.69, 9.17) is 16.3 Å². The predicted octanol–water partition coefficient (Wildman–Crippen LogP) is 2.20. The predicted molar refractivity (Wildman–Crippen MR) is 76.5 cm³/mol. The normalized spacial score (nSPS) is 10.9. The van der Waals surface area contributed by atoms with Gasteiger partial charge in [0.2, 0.25) is 5.88 Å². The molecule has 2 N–H and O–H groups in total. The number of aromatic nitrogens is 2. The zero-order chi connectivity index (χ0) is 14.7. The van der Waals surface area contributed by atoms with E-state index in [9.17, 15) is 9.90 Å². The minimum absolute atomic E-state index is 0.0580. The first-order chi connectivity index (χ1) is 9.51. The van der Waals surface area contributed by atoms with Crippen LogP contribution in [0.3, 0.4) is 0 Å². The smallest absolute Gasteiger partial charge is 0.347 e. The molecule has 0 amide bonds. The number of benzene rings is 1. The minimum Gasteiger partial charge on any atom is -0.506 e. The first kappa shape index (κ1) is 14.1. The van der Waals surface area contributed by atoms with Crippen LogP contribution in [0, 0.1) is 6.92 Å². The van der Waals surface area contributed by atoms with Crippen LogP contribution in [0.25, 0.3) is 0 Å². The topological polar surface area (TPSA) is 87.6 Å². The SMILES string of the molecule is COc1[nH]c(=O)ncc1N=Cc1cc(C)cc(Cl)c1O. The number of aromatic amines is 1. The summed E-state index contributed by atoms with van der Waals surface area (Å²) in [6, 6.07) is 3.38. The number of methoxy groups -OCH3 is 1. The molecule has 1 aromatic heterocycles. The molecule has 104 valence electrons.